The Hall–Kier alpha value is -0.830. The zero-order valence-electron chi connectivity index (χ0n) is 10.5. The molecule has 0 aliphatic rings. The van der Waals surface area contributed by atoms with Gasteiger partial charge >= 0.3 is 5.97 Å². The van der Waals surface area contributed by atoms with Crippen LogP contribution in [-0.2, 0) is 9.53 Å². The lowest BCUT2D eigenvalue weighted by molar-refractivity contribution is -0.161. The molecule has 0 aromatic rings. The third-order valence-electron chi connectivity index (χ3n) is 2.34. The number of hydrogen-bond donors (Lipinski definition) is 1. The zero-order valence-corrected chi connectivity index (χ0v) is 10.5. The first kappa shape index (κ1) is 14.2. The van der Waals surface area contributed by atoms with Crippen molar-refractivity contribution in [1.29, 1.82) is 0 Å². The second-order valence-corrected chi connectivity index (χ2v) is 4.88. The zero-order chi connectivity index (χ0) is 12.2. The van der Waals surface area contributed by atoms with E-state index in [-0.39, 0.29) is 5.92 Å². The molecule has 3 heteroatoms. The highest BCUT2D eigenvalue weighted by Crippen LogP contribution is 2.25. The van der Waals surface area contributed by atoms with Crippen molar-refractivity contribution < 1.29 is 9.53 Å². The summed E-state index contributed by atoms with van der Waals surface area (Å²) in [6, 6.07) is 0. The monoisotopic (exact) mass is 213 g/mol. The van der Waals surface area contributed by atoms with Crippen molar-refractivity contribution >= 4 is 5.97 Å². The number of ether oxygens (including phenoxy) is 1. The van der Waals surface area contributed by atoms with E-state index in [1.165, 1.54) is 0 Å². The van der Waals surface area contributed by atoms with Gasteiger partial charge in [0.15, 0.2) is 5.72 Å². The normalized spacial score (nSPS) is 15.2. The van der Waals surface area contributed by atoms with Crippen molar-refractivity contribution in [3.63, 3.8) is 0 Å². The van der Waals surface area contributed by atoms with Gasteiger partial charge in [0, 0.05) is 17.9 Å². The third kappa shape index (κ3) is 4.47. The van der Waals surface area contributed by atoms with E-state index in [4.69, 9.17) is 10.5 Å². The molecule has 0 amide bonds. The number of rotatable bonds is 5. The number of nitrogens with two attached hydrogens (primary N) is 1. The van der Waals surface area contributed by atoms with E-state index in [0.717, 1.165) is 0 Å². The summed E-state index contributed by atoms with van der Waals surface area (Å²) in [6.07, 6.45) is 0.656. The van der Waals surface area contributed by atoms with Gasteiger partial charge in [-0.1, -0.05) is 34.3 Å². The third-order valence-corrected chi connectivity index (χ3v) is 2.34. The van der Waals surface area contributed by atoms with Crippen LogP contribution in [0, 0.1) is 11.8 Å². The van der Waals surface area contributed by atoms with Gasteiger partial charge in [-0.05, 0) is 12.8 Å². The van der Waals surface area contributed by atoms with E-state index in [1.807, 2.05) is 13.8 Å². The maximum Gasteiger partial charge on any atom is 0.334 e. The minimum atomic E-state index is -0.885. The maximum absolute atomic E-state index is 11.4. The minimum absolute atomic E-state index is 0.0863. The van der Waals surface area contributed by atoms with E-state index in [9.17, 15) is 4.79 Å². The summed E-state index contributed by atoms with van der Waals surface area (Å²) in [5.74, 6) is 0.0605. The Balaban J connectivity index is 4.66. The lowest BCUT2D eigenvalue weighted by Gasteiger charge is -2.34. The average Bonchev–Trinajstić information content (AvgIpc) is 2.01. The van der Waals surface area contributed by atoms with Crippen LogP contribution >= 0.6 is 0 Å². The molecule has 0 aliphatic carbocycles. The molecule has 0 aromatic carbocycles. The molecule has 0 saturated carbocycles. The molecule has 0 aliphatic heterocycles. The van der Waals surface area contributed by atoms with Crippen LogP contribution in [0.1, 0.15) is 41.0 Å². The molecule has 1 unspecified atom stereocenters. The largest absolute Gasteiger partial charge is 0.441 e. The highest BCUT2D eigenvalue weighted by molar-refractivity contribution is 5.87. The second-order valence-electron chi connectivity index (χ2n) is 4.88. The first-order chi connectivity index (χ1) is 6.69. The van der Waals surface area contributed by atoms with Gasteiger partial charge in [0.05, 0.1) is 0 Å². The Labute approximate surface area is 92.7 Å². The first-order valence-corrected chi connectivity index (χ1v) is 5.36. The summed E-state index contributed by atoms with van der Waals surface area (Å²) in [4.78, 5) is 11.4. The molecule has 0 radical (unpaired) electrons. The Morgan fingerprint density at radius 2 is 1.87 bits per heavy atom. The molecule has 0 fully saturated rings. The molecule has 0 spiro atoms. The van der Waals surface area contributed by atoms with Crippen LogP contribution in [0.3, 0.4) is 0 Å². The molecule has 0 saturated heterocycles. The van der Waals surface area contributed by atoms with E-state index in [1.54, 1.807) is 6.92 Å². The maximum atomic E-state index is 11.4. The van der Waals surface area contributed by atoms with Crippen LogP contribution in [-0.4, -0.2) is 11.7 Å². The first-order valence-electron chi connectivity index (χ1n) is 5.36. The Morgan fingerprint density at radius 1 is 1.40 bits per heavy atom. The Bertz CT molecular complexity index is 246. The Morgan fingerprint density at radius 3 is 2.13 bits per heavy atom. The lowest BCUT2D eigenvalue weighted by Crippen LogP contribution is -2.50. The summed E-state index contributed by atoms with van der Waals surface area (Å²) >= 11 is 0. The van der Waals surface area contributed by atoms with Crippen LogP contribution in [0.5, 0.6) is 0 Å². The molecular formula is C12H23NO2. The molecule has 0 bridgehead atoms. The van der Waals surface area contributed by atoms with Crippen LogP contribution in [0.15, 0.2) is 12.2 Å². The van der Waals surface area contributed by atoms with Gasteiger partial charge < -0.3 is 4.74 Å². The minimum Gasteiger partial charge on any atom is -0.441 e. The topological polar surface area (TPSA) is 52.3 Å². The molecule has 1 atom stereocenters. The van der Waals surface area contributed by atoms with Crippen LogP contribution in [0.2, 0.25) is 0 Å². The molecule has 0 aromatic heterocycles. The van der Waals surface area contributed by atoms with Gasteiger partial charge in [-0.3, -0.25) is 5.73 Å². The highest BCUT2D eigenvalue weighted by Gasteiger charge is 2.34. The molecule has 88 valence electrons. The average molecular weight is 213 g/mol. The summed E-state index contributed by atoms with van der Waals surface area (Å²) in [5, 5.41) is 0. The van der Waals surface area contributed by atoms with Crippen LogP contribution < -0.4 is 5.73 Å². The number of esters is 1. The van der Waals surface area contributed by atoms with E-state index in [2.05, 4.69) is 20.4 Å². The van der Waals surface area contributed by atoms with Crippen molar-refractivity contribution in [2.45, 2.75) is 46.8 Å². The number of carbonyl (C=O) groups is 1. The number of carbonyl (C=O) groups excluding carboxylic acids is 1. The van der Waals surface area contributed by atoms with Gasteiger partial charge in [-0.15, -0.1) is 0 Å². The quantitative estimate of drug-likeness (QED) is 0.433. The Kier molecular flexibility index (Phi) is 5.01. The lowest BCUT2D eigenvalue weighted by atomic mass is 9.91. The summed E-state index contributed by atoms with van der Waals surface area (Å²) in [6.45, 7) is 13.2. The fourth-order valence-corrected chi connectivity index (χ4v) is 1.29. The van der Waals surface area contributed by atoms with Crippen molar-refractivity contribution in [2.24, 2.45) is 17.6 Å². The predicted octanol–water partition coefficient (Wildman–Crippen LogP) is 2.46. The SMILES string of the molecule is C=C(C)C(=O)OC(N)(CC(C)C)C(C)C. The predicted molar refractivity (Wildman–Crippen MR) is 62.1 cm³/mol. The summed E-state index contributed by atoms with van der Waals surface area (Å²) in [5.41, 5.74) is 5.60. The molecule has 2 N–H and O–H groups in total. The van der Waals surface area contributed by atoms with E-state index >= 15 is 0 Å². The van der Waals surface area contributed by atoms with Crippen molar-refractivity contribution in [1.82, 2.24) is 0 Å². The molecule has 3 nitrogen and oxygen atoms in total. The molecular weight excluding hydrogens is 190 g/mol. The highest BCUT2D eigenvalue weighted by atomic mass is 16.6. The molecule has 0 heterocycles. The van der Waals surface area contributed by atoms with Gasteiger partial charge in [-0.2, -0.15) is 0 Å². The van der Waals surface area contributed by atoms with Gasteiger partial charge in [0.2, 0.25) is 0 Å². The summed E-state index contributed by atoms with van der Waals surface area (Å²) in [7, 11) is 0. The van der Waals surface area contributed by atoms with Crippen LogP contribution in [0.4, 0.5) is 0 Å². The van der Waals surface area contributed by atoms with Crippen molar-refractivity contribution in [3.05, 3.63) is 12.2 Å². The van der Waals surface area contributed by atoms with Crippen LogP contribution in [0.25, 0.3) is 0 Å². The van der Waals surface area contributed by atoms with Gasteiger partial charge in [-0.25, -0.2) is 4.79 Å². The fourth-order valence-electron chi connectivity index (χ4n) is 1.29. The standard InChI is InChI=1S/C12H23NO2/c1-8(2)7-12(13,10(5)6)15-11(14)9(3)4/h8,10H,3,7,13H2,1-2,4-6H3. The smallest absolute Gasteiger partial charge is 0.334 e. The van der Waals surface area contributed by atoms with Crippen molar-refractivity contribution in [3.8, 4) is 0 Å². The fraction of sp³-hybridized carbons (Fsp3) is 0.750. The summed E-state index contributed by atoms with van der Waals surface area (Å²) < 4.78 is 5.31. The molecule has 0 rings (SSSR count). The molecule has 15 heavy (non-hydrogen) atoms. The van der Waals surface area contributed by atoms with E-state index in [0.29, 0.717) is 17.9 Å². The van der Waals surface area contributed by atoms with Gasteiger partial charge in [0.1, 0.15) is 0 Å². The second kappa shape index (κ2) is 5.31. The van der Waals surface area contributed by atoms with Crippen molar-refractivity contribution in [2.75, 3.05) is 0 Å². The van der Waals surface area contributed by atoms with Gasteiger partial charge in [0.25, 0.3) is 0 Å². The van der Waals surface area contributed by atoms with E-state index < -0.39 is 11.7 Å². The number of hydrogen-bond acceptors (Lipinski definition) is 3.